The molecule has 50 heavy (non-hydrogen) atoms. The van der Waals surface area contributed by atoms with Crippen molar-refractivity contribution in [2.45, 2.75) is 53.1 Å². The molecule has 1 fully saturated rings. The van der Waals surface area contributed by atoms with Gasteiger partial charge in [-0.25, -0.2) is 0 Å². The van der Waals surface area contributed by atoms with Gasteiger partial charge in [-0.05, 0) is 121 Å². The first-order chi connectivity index (χ1) is 24.1. The number of rotatable bonds is 11. The van der Waals surface area contributed by atoms with Crippen molar-refractivity contribution in [2.24, 2.45) is 23.7 Å². The van der Waals surface area contributed by atoms with Crippen molar-refractivity contribution in [3.8, 4) is 5.75 Å². The average Bonchev–Trinajstić information content (AvgIpc) is 3.37. The molecule has 2 amide bonds. The van der Waals surface area contributed by atoms with Gasteiger partial charge < -0.3 is 20.6 Å². The number of anilines is 3. The minimum atomic E-state index is -0.916. The Labute approximate surface area is 294 Å². The second kappa shape index (κ2) is 14.9. The van der Waals surface area contributed by atoms with Crippen LogP contribution in [0.15, 0.2) is 108 Å². The quantitative estimate of drug-likeness (QED) is 0.0728. The zero-order valence-corrected chi connectivity index (χ0v) is 29.1. The van der Waals surface area contributed by atoms with Gasteiger partial charge in [-0.15, -0.1) is 0 Å². The zero-order valence-electron chi connectivity index (χ0n) is 29.1. The van der Waals surface area contributed by atoms with Crippen molar-refractivity contribution >= 4 is 40.5 Å². The minimum absolute atomic E-state index is 0.0158. The van der Waals surface area contributed by atoms with Crippen LogP contribution in [0.2, 0.25) is 0 Å². The summed E-state index contributed by atoms with van der Waals surface area (Å²) in [6.07, 6.45) is 2.46. The fourth-order valence-electron chi connectivity index (χ4n) is 7.75. The number of fused-ring (bicyclic) bond motifs is 1. The number of hydrogen-bond acceptors (Lipinski definition) is 6. The molecule has 1 aliphatic heterocycles. The van der Waals surface area contributed by atoms with E-state index in [1.165, 1.54) is 4.90 Å². The number of para-hydroxylation sites is 1. The number of benzene rings is 4. The lowest BCUT2D eigenvalue weighted by Gasteiger charge is -2.38. The Morgan fingerprint density at radius 1 is 0.880 bits per heavy atom. The topological polar surface area (TPSA) is 110 Å². The van der Waals surface area contributed by atoms with Crippen LogP contribution >= 0.6 is 0 Å². The molecule has 0 bridgehead atoms. The maximum Gasteiger partial charge on any atom is 0.238 e. The van der Waals surface area contributed by atoms with Gasteiger partial charge in [0.15, 0.2) is 0 Å². The number of aliphatic hydroxyl groups excluding tert-OH is 2. The molecule has 4 aromatic rings. The molecule has 0 spiro atoms. The number of aromatic hydroxyl groups is 1. The van der Waals surface area contributed by atoms with Crippen LogP contribution in [0.3, 0.4) is 0 Å². The van der Waals surface area contributed by atoms with Crippen LogP contribution in [0, 0.1) is 37.5 Å². The highest BCUT2D eigenvalue weighted by molar-refractivity contribution is 6.22. The number of aryl methyl sites for hydroxylation is 2. The second-order valence-electron chi connectivity index (χ2n) is 13.9. The molecule has 0 radical (unpaired) electrons. The molecule has 2 aliphatic rings. The molecule has 4 aromatic carbocycles. The number of allylic oxidation sites excluding steroid dienone is 2. The predicted octanol–water partition coefficient (Wildman–Crippen LogP) is 8.20. The maximum absolute atomic E-state index is 14.1. The van der Waals surface area contributed by atoms with E-state index < -0.39 is 23.9 Å². The normalized spacial score (nSPS) is 20.0. The van der Waals surface area contributed by atoms with E-state index in [4.69, 9.17) is 0 Å². The monoisotopic (exact) mass is 670 g/mol. The number of amides is 2. The maximum atomic E-state index is 14.1. The third-order valence-corrected chi connectivity index (χ3v) is 10.2. The van der Waals surface area contributed by atoms with Crippen molar-refractivity contribution in [1.29, 1.82) is 0 Å². The number of phenols is 1. The summed E-state index contributed by atoms with van der Waals surface area (Å²) in [6, 6.07) is 30.9. The molecule has 7 nitrogen and oxygen atoms in total. The lowest BCUT2D eigenvalue weighted by Crippen LogP contribution is -2.39. The summed E-state index contributed by atoms with van der Waals surface area (Å²) in [5, 5.41) is 36.5. The van der Waals surface area contributed by atoms with Crippen molar-refractivity contribution in [3.63, 3.8) is 0 Å². The Morgan fingerprint density at radius 2 is 1.48 bits per heavy atom. The fraction of sp³-hybridized carbons (Fsp3) is 0.302. The minimum Gasteiger partial charge on any atom is -0.507 e. The smallest absolute Gasteiger partial charge is 0.238 e. The van der Waals surface area contributed by atoms with Crippen LogP contribution in [0.5, 0.6) is 5.75 Å². The summed E-state index contributed by atoms with van der Waals surface area (Å²) in [7, 11) is 0. The van der Waals surface area contributed by atoms with E-state index in [0.29, 0.717) is 30.5 Å². The number of aliphatic hydroxyl groups is 2. The number of hydrogen-bond donors (Lipinski definition) is 4. The Morgan fingerprint density at radius 3 is 2.08 bits per heavy atom. The van der Waals surface area contributed by atoms with E-state index >= 15 is 0 Å². The lowest BCUT2D eigenvalue weighted by molar-refractivity contribution is -0.123. The molecule has 6 rings (SSSR count). The van der Waals surface area contributed by atoms with Gasteiger partial charge in [-0.3, -0.25) is 14.5 Å². The van der Waals surface area contributed by atoms with Crippen LogP contribution in [-0.4, -0.2) is 39.8 Å². The van der Waals surface area contributed by atoms with Gasteiger partial charge in [-0.1, -0.05) is 74.0 Å². The molecule has 1 aliphatic carbocycles. The largest absolute Gasteiger partial charge is 0.507 e. The molecule has 0 unspecified atom stereocenters. The SMILES string of the molecule is Cc1cc(/C=C(/CC[C@@H](O)C2=C(C(C)C)C[C@H]3C(=O)N(c4ccc(Nc5ccccc5)cc4)C(=O)[C@H]3[C@H]2CO)c2ccccc2)cc(C)c1O. The number of nitrogens with one attached hydrogen (secondary N) is 1. The van der Waals surface area contributed by atoms with Gasteiger partial charge in [0, 0.05) is 17.3 Å². The van der Waals surface area contributed by atoms with Gasteiger partial charge in [0.2, 0.25) is 11.8 Å². The first kappa shape index (κ1) is 34.9. The van der Waals surface area contributed by atoms with Crippen LogP contribution in [0.4, 0.5) is 17.1 Å². The highest BCUT2D eigenvalue weighted by Crippen LogP contribution is 2.49. The summed E-state index contributed by atoms with van der Waals surface area (Å²) in [6.45, 7) is 7.50. The molecular formula is C43H46N2O5. The summed E-state index contributed by atoms with van der Waals surface area (Å²) < 4.78 is 0. The first-order valence-electron chi connectivity index (χ1n) is 17.4. The van der Waals surface area contributed by atoms with Crippen molar-refractivity contribution in [3.05, 3.63) is 130 Å². The average molecular weight is 671 g/mol. The third-order valence-electron chi connectivity index (χ3n) is 10.2. The van der Waals surface area contributed by atoms with Gasteiger partial charge in [0.25, 0.3) is 0 Å². The molecule has 4 atom stereocenters. The zero-order chi connectivity index (χ0) is 35.5. The fourth-order valence-corrected chi connectivity index (χ4v) is 7.75. The van der Waals surface area contributed by atoms with Gasteiger partial charge >= 0.3 is 0 Å². The van der Waals surface area contributed by atoms with E-state index in [1.54, 1.807) is 12.1 Å². The number of phenolic OH excluding ortho intramolecular Hbond substituents is 1. The molecule has 1 saturated heterocycles. The van der Waals surface area contributed by atoms with E-state index in [1.807, 2.05) is 113 Å². The number of carbonyl (C=O) groups is 2. The number of imide groups is 1. The number of nitrogens with zero attached hydrogens (tertiary/aromatic N) is 1. The van der Waals surface area contributed by atoms with Crippen LogP contribution < -0.4 is 10.2 Å². The van der Waals surface area contributed by atoms with E-state index in [9.17, 15) is 24.9 Å². The van der Waals surface area contributed by atoms with Gasteiger partial charge in [-0.2, -0.15) is 0 Å². The summed E-state index contributed by atoms with van der Waals surface area (Å²) >= 11 is 0. The summed E-state index contributed by atoms with van der Waals surface area (Å²) in [4.78, 5) is 29.3. The molecular weight excluding hydrogens is 624 g/mol. The van der Waals surface area contributed by atoms with E-state index in [0.717, 1.165) is 44.8 Å². The Hall–Kier alpha value is -4.98. The van der Waals surface area contributed by atoms with Crippen molar-refractivity contribution < 1.29 is 24.9 Å². The first-order valence-corrected chi connectivity index (χ1v) is 17.4. The predicted molar refractivity (Wildman–Crippen MR) is 200 cm³/mol. The second-order valence-corrected chi connectivity index (χ2v) is 13.9. The molecule has 1 heterocycles. The van der Waals surface area contributed by atoms with E-state index in [2.05, 4.69) is 11.4 Å². The molecule has 0 saturated carbocycles. The van der Waals surface area contributed by atoms with Crippen molar-refractivity contribution in [2.75, 3.05) is 16.8 Å². The van der Waals surface area contributed by atoms with Crippen molar-refractivity contribution in [1.82, 2.24) is 0 Å². The third kappa shape index (κ3) is 7.02. The highest BCUT2D eigenvalue weighted by Gasteiger charge is 2.55. The van der Waals surface area contributed by atoms with E-state index in [-0.39, 0.29) is 30.1 Å². The summed E-state index contributed by atoms with van der Waals surface area (Å²) in [5.41, 5.74) is 8.50. The Balaban J connectivity index is 1.26. The molecule has 7 heteroatoms. The Bertz CT molecular complexity index is 1890. The van der Waals surface area contributed by atoms with Crippen LogP contribution in [-0.2, 0) is 9.59 Å². The van der Waals surface area contributed by atoms with Gasteiger partial charge in [0.05, 0.1) is 30.2 Å². The standard InChI is InChI=1S/C43H46N2O5/c1-26(2)35-24-36-40(43(50)45(42(36)49)34-18-16-33(17-19-34)44-32-13-9-6-10-14-32)37(25-46)39(35)38(47)20-15-31(30-11-7-5-8-12-30)23-29-21-27(3)41(48)28(4)22-29/h5-14,16-19,21-23,26,36-38,40,44,46-48H,15,20,24-25H2,1-4H3/b31-23-/t36-,37+,38-,40-/m1/s1. The summed E-state index contributed by atoms with van der Waals surface area (Å²) in [5.74, 6) is -2.32. The Kier molecular flexibility index (Phi) is 10.4. The van der Waals surface area contributed by atoms with Gasteiger partial charge in [0.1, 0.15) is 5.75 Å². The van der Waals surface area contributed by atoms with Crippen LogP contribution in [0.1, 0.15) is 55.4 Å². The molecule has 4 N–H and O–H groups in total. The highest BCUT2D eigenvalue weighted by atomic mass is 16.3. The van der Waals surface area contributed by atoms with Crippen LogP contribution in [0.25, 0.3) is 11.6 Å². The molecule has 0 aromatic heterocycles. The molecule has 258 valence electrons. The lowest BCUT2D eigenvalue weighted by atomic mass is 9.66. The number of carbonyl (C=O) groups excluding carboxylic acids is 2.